The zero-order valence-corrected chi connectivity index (χ0v) is 21.6. The molecule has 1 unspecified atom stereocenters. The van der Waals surface area contributed by atoms with Gasteiger partial charge < -0.3 is 34.0 Å². The molecule has 0 saturated heterocycles. The molecule has 6 nitrogen and oxygen atoms in total. The number of hydrogen-bond acceptors (Lipinski definition) is 5. The number of nitrogens with two attached hydrogens (primary N) is 1. The maximum Gasteiger partial charge on any atom is 0.336 e. The average Bonchev–Trinajstić information content (AvgIpc) is 2.68. The number of halogens is 3. The van der Waals surface area contributed by atoms with E-state index in [0.717, 1.165) is 0 Å². The fourth-order valence-corrected chi connectivity index (χ4v) is 3.97. The van der Waals surface area contributed by atoms with Gasteiger partial charge in [-0.2, -0.15) is 0 Å². The van der Waals surface area contributed by atoms with E-state index in [2.05, 4.69) is 10.3 Å². The van der Waals surface area contributed by atoms with Gasteiger partial charge in [-0.3, -0.25) is 15.5 Å². The van der Waals surface area contributed by atoms with Crippen LogP contribution in [-0.2, 0) is 14.3 Å². The number of nitrogens with one attached hydrogen (secondary N) is 2. The zero-order valence-electron chi connectivity index (χ0n) is 17.1. The number of carbonyl (C=O) groups is 2. The highest BCUT2D eigenvalue weighted by Crippen LogP contribution is 2.43. The molecular formula is C20H24Cl2IN3O3S. The van der Waals surface area contributed by atoms with E-state index >= 15 is 0 Å². The maximum atomic E-state index is 13.2. The van der Waals surface area contributed by atoms with E-state index in [1.54, 1.807) is 32.0 Å². The predicted molar refractivity (Wildman–Crippen MR) is 118 cm³/mol. The highest BCUT2D eigenvalue weighted by molar-refractivity contribution is 8.12. The summed E-state index contributed by atoms with van der Waals surface area (Å²) < 4.78 is 4.99. The quantitative estimate of drug-likeness (QED) is 0.174. The number of ether oxygens (including phenoxy) is 1. The van der Waals surface area contributed by atoms with E-state index in [9.17, 15) is 9.59 Å². The van der Waals surface area contributed by atoms with Gasteiger partial charge in [0.25, 0.3) is 0 Å². The second-order valence-electron chi connectivity index (χ2n) is 6.44. The molecule has 1 aromatic rings. The van der Waals surface area contributed by atoms with Crippen LogP contribution in [0.25, 0.3) is 0 Å². The van der Waals surface area contributed by atoms with E-state index in [-0.39, 0.29) is 36.2 Å². The molecule has 1 aliphatic rings. The standard InChI is InChI=1S/C20H23Cl2N3O3S.HI/c1-10-15(14(26)8-9-24-20(23)29-4)17(12-6-5-7-13(21)18(12)22)16(11(2)25-10)19(27)28-3;/h5-7,17,25H,8-9H2,1-4H3,(H2,23,24);1H. The summed E-state index contributed by atoms with van der Waals surface area (Å²) in [7, 11) is 1.30. The second kappa shape index (κ2) is 12.0. The van der Waals surface area contributed by atoms with E-state index in [1.165, 1.54) is 18.9 Å². The van der Waals surface area contributed by atoms with Crippen LogP contribution in [-0.4, -0.2) is 36.8 Å². The van der Waals surface area contributed by atoms with Crippen molar-refractivity contribution in [2.24, 2.45) is 5.73 Å². The fourth-order valence-electron chi connectivity index (χ4n) is 3.30. The van der Waals surface area contributed by atoms with E-state index in [1.807, 2.05) is 6.26 Å². The van der Waals surface area contributed by atoms with Crippen LogP contribution in [0.3, 0.4) is 0 Å². The van der Waals surface area contributed by atoms with Gasteiger partial charge in [0.05, 0.1) is 29.3 Å². The molecule has 0 aromatic heterocycles. The third-order valence-corrected chi connectivity index (χ3v) is 6.05. The summed E-state index contributed by atoms with van der Waals surface area (Å²) in [6.07, 6.45) is 2.03. The van der Waals surface area contributed by atoms with E-state index in [0.29, 0.717) is 49.9 Å². The number of dihydropyridines is 1. The molecule has 0 radical (unpaired) electrons. The summed E-state index contributed by atoms with van der Waals surface area (Å²) in [5.41, 5.74) is 8.36. The third kappa shape index (κ3) is 5.93. The number of thioether (sulfide) groups is 1. The maximum absolute atomic E-state index is 13.2. The Labute approximate surface area is 207 Å². The van der Waals surface area contributed by atoms with Gasteiger partial charge in [-0.05, 0) is 43.5 Å². The van der Waals surface area contributed by atoms with Crippen molar-refractivity contribution in [3.05, 3.63) is 56.3 Å². The summed E-state index contributed by atoms with van der Waals surface area (Å²) >= 11 is 14.1. The fraction of sp³-hybridized carbons (Fsp3) is 0.350. The second-order valence-corrected chi connectivity index (χ2v) is 8.07. The van der Waals surface area contributed by atoms with Gasteiger partial charge in [0.15, 0.2) is 5.78 Å². The molecule has 0 saturated carbocycles. The van der Waals surface area contributed by atoms with Gasteiger partial charge in [0.2, 0.25) is 0 Å². The van der Waals surface area contributed by atoms with Crippen molar-refractivity contribution < 1.29 is 43.3 Å². The number of ketones is 1. The minimum Gasteiger partial charge on any atom is -1.00 e. The lowest BCUT2D eigenvalue weighted by molar-refractivity contribution is -0.453. The molecule has 1 aliphatic heterocycles. The van der Waals surface area contributed by atoms with Crippen molar-refractivity contribution in [1.29, 1.82) is 0 Å². The van der Waals surface area contributed by atoms with Crippen LogP contribution in [0.5, 0.6) is 0 Å². The number of amidine groups is 1. The first-order valence-corrected chi connectivity index (χ1v) is 10.8. The molecule has 0 fully saturated rings. The average molecular weight is 584 g/mol. The Hall–Kier alpha value is -1.23. The highest BCUT2D eigenvalue weighted by Gasteiger charge is 2.37. The minimum atomic E-state index is -0.690. The molecule has 164 valence electrons. The van der Waals surface area contributed by atoms with Gasteiger partial charge in [-0.1, -0.05) is 35.3 Å². The van der Waals surface area contributed by atoms with Crippen LogP contribution in [0.4, 0.5) is 0 Å². The molecule has 1 atom stereocenters. The first-order valence-electron chi connectivity index (χ1n) is 8.87. The topological polar surface area (TPSA) is 95.4 Å². The third-order valence-electron chi connectivity index (χ3n) is 4.63. The molecule has 1 heterocycles. The van der Waals surface area contributed by atoms with Crippen LogP contribution in [0.15, 0.2) is 40.7 Å². The number of benzene rings is 1. The first kappa shape index (κ1) is 26.8. The van der Waals surface area contributed by atoms with E-state index in [4.69, 9.17) is 33.7 Å². The predicted octanol–water partition coefficient (Wildman–Crippen LogP) is -0.877. The molecule has 30 heavy (non-hydrogen) atoms. The molecule has 0 bridgehead atoms. The molecule has 2 rings (SSSR count). The summed E-state index contributed by atoms with van der Waals surface area (Å²) in [6.45, 7) is 3.93. The Morgan fingerprint density at radius 3 is 2.47 bits per heavy atom. The van der Waals surface area contributed by atoms with Crippen molar-refractivity contribution in [3.8, 4) is 0 Å². The monoisotopic (exact) mass is 583 g/mol. The number of carbonyl (C=O) groups excluding carboxylic acids is 2. The number of Topliss-reactive ketones (excluding diaryl/α,β-unsaturated/α-hetero) is 1. The van der Waals surface area contributed by atoms with Crippen LogP contribution in [0.2, 0.25) is 10.0 Å². The Morgan fingerprint density at radius 1 is 1.23 bits per heavy atom. The number of rotatable bonds is 6. The van der Waals surface area contributed by atoms with Crippen molar-refractivity contribution in [1.82, 2.24) is 5.32 Å². The largest absolute Gasteiger partial charge is 1.00 e. The smallest absolute Gasteiger partial charge is 0.336 e. The number of hydrogen-bond donors (Lipinski definition) is 3. The van der Waals surface area contributed by atoms with Crippen LogP contribution in [0, 0.1) is 0 Å². The van der Waals surface area contributed by atoms with Crippen LogP contribution >= 0.6 is 35.0 Å². The lowest BCUT2D eigenvalue weighted by Crippen LogP contribution is -3.00. The first-order chi connectivity index (χ1) is 13.7. The zero-order chi connectivity index (χ0) is 21.7. The number of esters is 1. The number of methoxy groups -OCH3 is 1. The Bertz CT molecular complexity index is 932. The lowest BCUT2D eigenvalue weighted by atomic mass is 9.78. The molecule has 10 heteroatoms. The van der Waals surface area contributed by atoms with Gasteiger partial charge in [-0.15, -0.1) is 0 Å². The van der Waals surface area contributed by atoms with Gasteiger partial charge in [0.1, 0.15) is 0 Å². The molecule has 1 aromatic carbocycles. The summed E-state index contributed by atoms with van der Waals surface area (Å²) in [5.74, 6) is -1.36. The van der Waals surface area contributed by atoms with Crippen LogP contribution in [0.1, 0.15) is 31.7 Å². The summed E-state index contributed by atoms with van der Waals surface area (Å²) in [5, 5.41) is 4.30. The Balaban J connectivity index is 0.00000450. The number of allylic oxidation sites excluding steroid dienone is 3. The summed E-state index contributed by atoms with van der Waals surface area (Å²) in [6, 6.07) is 5.16. The van der Waals surface area contributed by atoms with E-state index < -0.39 is 11.9 Å². The normalized spacial score (nSPS) is 16.7. The lowest BCUT2D eigenvalue weighted by Gasteiger charge is -2.31. The van der Waals surface area contributed by atoms with Gasteiger partial charge in [0, 0.05) is 29.3 Å². The van der Waals surface area contributed by atoms with Crippen molar-refractivity contribution in [3.63, 3.8) is 0 Å². The molecule has 0 spiro atoms. The van der Waals surface area contributed by atoms with Crippen molar-refractivity contribution in [2.45, 2.75) is 26.2 Å². The highest BCUT2D eigenvalue weighted by atomic mass is 127. The van der Waals surface area contributed by atoms with Crippen molar-refractivity contribution in [2.75, 3.05) is 19.9 Å². The molecule has 4 N–H and O–H groups in total. The summed E-state index contributed by atoms with van der Waals surface area (Å²) in [4.78, 5) is 28.8. The Morgan fingerprint density at radius 2 is 1.87 bits per heavy atom. The van der Waals surface area contributed by atoms with Gasteiger partial charge >= 0.3 is 11.1 Å². The molecular weight excluding hydrogens is 560 g/mol. The molecule has 0 aliphatic carbocycles. The van der Waals surface area contributed by atoms with Crippen LogP contribution < -0.4 is 40.0 Å². The Kier molecular flexibility index (Phi) is 10.7. The molecule has 0 amide bonds. The SMILES string of the molecule is COC(=O)C1=C(C)NC(C)=C(C(=O)CC[NH+]=C(N)SC)C1c1cccc(Cl)c1Cl.[I-]. The van der Waals surface area contributed by atoms with Gasteiger partial charge in [-0.25, -0.2) is 4.79 Å². The van der Waals surface area contributed by atoms with Crippen molar-refractivity contribution >= 4 is 51.9 Å². The minimum absolute atomic E-state index is 0.